The van der Waals surface area contributed by atoms with E-state index in [9.17, 15) is 13.2 Å². The van der Waals surface area contributed by atoms with Gasteiger partial charge in [0, 0.05) is 36.1 Å². The molecule has 1 aromatic heterocycles. The van der Waals surface area contributed by atoms with Crippen LogP contribution in [0.2, 0.25) is 5.02 Å². The standard InChI is InChI=1S/C16H16ClF3N2S/c17-13-9-11(8-12(10-13)16(18,19)20)15(14-2-1-7-23-14)22-5-3-21-4-6-22/h1-2,7-10,15,21H,3-6H2/t15-/m1/s1. The quantitative estimate of drug-likeness (QED) is 0.872. The molecule has 1 N–H and O–H groups in total. The number of thiophene rings is 1. The van der Waals surface area contributed by atoms with Gasteiger partial charge in [-0.15, -0.1) is 11.3 Å². The van der Waals surface area contributed by atoms with Gasteiger partial charge in [0.05, 0.1) is 11.6 Å². The van der Waals surface area contributed by atoms with E-state index in [1.54, 1.807) is 17.4 Å². The van der Waals surface area contributed by atoms with Crippen molar-refractivity contribution in [2.24, 2.45) is 0 Å². The zero-order chi connectivity index (χ0) is 16.4. The molecule has 1 atom stereocenters. The number of hydrogen-bond acceptors (Lipinski definition) is 3. The number of nitrogens with zero attached hydrogens (tertiary/aromatic N) is 1. The Morgan fingerprint density at radius 3 is 2.52 bits per heavy atom. The van der Waals surface area contributed by atoms with E-state index in [1.165, 1.54) is 6.07 Å². The topological polar surface area (TPSA) is 15.3 Å². The van der Waals surface area contributed by atoms with Crippen molar-refractivity contribution < 1.29 is 13.2 Å². The van der Waals surface area contributed by atoms with E-state index < -0.39 is 11.7 Å². The van der Waals surface area contributed by atoms with Gasteiger partial charge in [0.25, 0.3) is 0 Å². The van der Waals surface area contributed by atoms with Crippen LogP contribution in [0.1, 0.15) is 22.0 Å². The fourth-order valence-corrected chi connectivity index (χ4v) is 4.01. The average molecular weight is 361 g/mol. The smallest absolute Gasteiger partial charge is 0.314 e. The second-order valence-electron chi connectivity index (χ2n) is 5.47. The maximum atomic E-state index is 13.1. The Kier molecular flexibility index (Phi) is 4.96. The second kappa shape index (κ2) is 6.81. The van der Waals surface area contributed by atoms with Gasteiger partial charge in [-0.2, -0.15) is 13.2 Å². The minimum atomic E-state index is -4.40. The molecule has 1 saturated heterocycles. The Morgan fingerprint density at radius 2 is 1.91 bits per heavy atom. The van der Waals surface area contributed by atoms with E-state index in [4.69, 9.17) is 11.6 Å². The van der Waals surface area contributed by atoms with Gasteiger partial charge >= 0.3 is 6.18 Å². The van der Waals surface area contributed by atoms with Gasteiger partial charge in [0.15, 0.2) is 0 Å². The summed E-state index contributed by atoms with van der Waals surface area (Å²) in [5, 5.41) is 5.33. The summed E-state index contributed by atoms with van der Waals surface area (Å²) in [6.45, 7) is 3.23. The van der Waals surface area contributed by atoms with Crippen molar-refractivity contribution in [2.75, 3.05) is 26.2 Å². The number of piperazine rings is 1. The Bertz CT molecular complexity index is 652. The number of halogens is 4. The molecule has 7 heteroatoms. The average Bonchev–Trinajstić information content (AvgIpc) is 3.01. The minimum absolute atomic E-state index is 0.117. The summed E-state index contributed by atoms with van der Waals surface area (Å²) in [6, 6.07) is 7.53. The molecule has 2 aromatic rings. The normalized spacial score (nSPS) is 18.1. The second-order valence-corrected chi connectivity index (χ2v) is 6.89. The van der Waals surface area contributed by atoms with Gasteiger partial charge in [0.2, 0.25) is 0 Å². The van der Waals surface area contributed by atoms with E-state index in [1.807, 2.05) is 17.5 Å². The fraction of sp³-hybridized carbons (Fsp3) is 0.375. The van der Waals surface area contributed by atoms with Gasteiger partial charge in [-0.1, -0.05) is 17.7 Å². The molecule has 1 aromatic carbocycles. The maximum Gasteiger partial charge on any atom is 0.416 e. The van der Waals surface area contributed by atoms with Gasteiger partial charge in [0.1, 0.15) is 0 Å². The molecule has 0 spiro atoms. The van der Waals surface area contributed by atoms with Crippen molar-refractivity contribution in [3.8, 4) is 0 Å². The van der Waals surface area contributed by atoms with E-state index >= 15 is 0 Å². The molecule has 0 saturated carbocycles. The lowest BCUT2D eigenvalue weighted by Gasteiger charge is -2.35. The van der Waals surface area contributed by atoms with Crippen LogP contribution in [0.5, 0.6) is 0 Å². The molecular formula is C16H16ClF3N2S. The van der Waals surface area contributed by atoms with Crippen LogP contribution in [0, 0.1) is 0 Å². The van der Waals surface area contributed by atoms with Crippen molar-refractivity contribution in [3.05, 3.63) is 56.7 Å². The number of nitrogens with one attached hydrogen (secondary N) is 1. The van der Waals surface area contributed by atoms with E-state index in [-0.39, 0.29) is 11.1 Å². The van der Waals surface area contributed by atoms with Crippen molar-refractivity contribution in [1.29, 1.82) is 0 Å². The van der Waals surface area contributed by atoms with Crippen molar-refractivity contribution in [3.63, 3.8) is 0 Å². The predicted molar refractivity (Wildman–Crippen MR) is 87.1 cm³/mol. The monoisotopic (exact) mass is 360 g/mol. The van der Waals surface area contributed by atoms with Gasteiger partial charge in [-0.25, -0.2) is 0 Å². The molecule has 124 valence electrons. The van der Waals surface area contributed by atoms with Crippen molar-refractivity contribution in [2.45, 2.75) is 12.2 Å². The molecule has 2 heterocycles. The molecule has 3 rings (SSSR count). The first-order valence-corrected chi connectivity index (χ1v) is 8.57. The third kappa shape index (κ3) is 3.88. The number of hydrogen-bond donors (Lipinski definition) is 1. The summed E-state index contributed by atoms with van der Waals surface area (Å²) >= 11 is 7.53. The summed E-state index contributed by atoms with van der Waals surface area (Å²) in [4.78, 5) is 3.23. The molecule has 0 bridgehead atoms. The number of rotatable bonds is 3. The van der Waals surface area contributed by atoms with Crippen LogP contribution in [0.25, 0.3) is 0 Å². The predicted octanol–water partition coefficient (Wildman–Crippen LogP) is 4.41. The first-order valence-electron chi connectivity index (χ1n) is 7.31. The third-order valence-electron chi connectivity index (χ3n) is 3.89. The summed E-state index contributed by atoms with van der Waals surface area (Å²) in [5.74, 6) is 0. The van der Waals surface area contributed by atoms with Crippen LogP contribution in [0.15, 0.2) is 35.7 Å². The lowest BCUT2D eigenvalue weighted by molar-refractivity contribution is -0.137. The summed E-state index contributed by atoms with van der Waals surface area (Å²) in [6.07, 6.45) is -4.40. The highest BCUT2D eigenvalue weighted by Crippen LogP contribution is 2.37. The van der Waals surface area contributed by atoms with E-state index in [0.717, 1.165) is 37.1 Å². The molecule has 0 radical (unpaired) electrons. The van der Waals surface area contributed by atoms with Gasteiger partial charge in [-0.05, 0) is 35.2 Å². The van der Waals surface area contributed by atoms with Crippen LogP contribution in [0.3, 0.4) is 0 Å². The summed E-state index contributed by atoms with van der Waals surface area (Å²) < 4.78 is 39.3. The van der Waals surface area contributed by atoms with Crippen LogP contribution >= 0.6 is 22.9 Å². The Morgan fingerprint density at radius 1 is 1.17 bits per heavy atom. The molecule has 2 nitrogen and oxygen atoms in total. The van der Waals surface area contributed by atoms with Gasteiger partial charge in [-0.3, -0.25) is 4.90 Å². The van der Waals surface area contributed by atoms with E-state index in [2.05, 4.69) is 10.2 Å². The Labute approximate surface area is 141 Å². The van der Waals surface area contributed by atoms with Gasteiger partial charge < -0.3 is 5.32 Å². The SMILES string of the molecule is FC(F)(F)c1cc(Cl)cc([C@H](c2cccs2)N2CCNCC2)c1. The largest absolute Gasteiger partial charge is 0.416 e. The Hall–Kier alpha value is -1.08. The molecule has 1 fully saturated rings. The molecule has 0 amide bonds. The number of alkyl halides is 3. The zero-order valence-electron chi connectivity index (χ0n) is 12.2. The fourth-order valence-electron chi connectivity index (χ4n) is 2.88. The summed E-state index contributed by atoms with van der Waals surface area (Å²) in [7, 11) is 0. The molecule has 1 aliphatic heterocycles. The molecule has 0 unspecified atom stereocenters. The zero-order valence-corrected chi connectivity index (χ0v) is 13.8. The summed E-state index contributed by atoms with van der Waals surface area (Å²) in [5.41, 5.74) is -0.106. The van der Waals surface area contributed by atoms with Crippen LogP contribution in [-0.4, -0.2) is 31.1 Å². The molecule has 1 aliphatic rings. The Balaban J connectivity index is 2.04. The third-order valence-corrected chi connectivity index (χ3v) is 5.04. The number of benzene rings is 1. The highest BCUT2D eigenvalue weighted by molar-refractivity contribution is 7.10. The van der Waals surface area contributed by atoms with Crippen LogP contribution in [-0.2, 0) is 6.18 Å². The van der Waals surface area contributed by atoms with Crippen LogP contribution in [0.4, 0.5) is 13.2 Å². The van der Waals surface area contributed by atoms with Crippen molar-refractivity contribution >= 4 is 22.9 Å². The van der Waals surface area contributed by atoms with Crippen LogP contribution < -0.4 is 5.32 Å². The molecular weight excluding hydrogens is 345 g/mol. The molecule has 23 heavy (non-hydrogen) atoms. The highest BCUT2D eigenvalue weighted by Gasteiger charge is 2.33. The minimum Gasteiger partial charge on any atom is -0.314 e. The molecule has 0 aliphatic carbocycles. The van der Waals surface area contributed by atoms with Crippen molar-refractivity contribution in [1.82, 2.24) is 10.2 Å². The first kappa shape index (κ1) is 16.8. The first-order chi connectivity index (χ1) is 10.9. The van der Waals surface area contributed by atoms with E-state index in [0.29, 0.717) is 5.56 Å². The highest BCUT2D eigenvalue weighted by atomic mass is 35.5. The lowest BCUT2D eigenvalue weighted by Crippen LogP contribution is -2.45. The maximum absolute atomic E-state index is 13.1. The lowest BCUT2D eigenvalue weighted by atomic mass is 10.00.